The number of pyridine rings is 1. The summed E-state index contributed by atoms with van der Waals surface area (Å²) in [6, 6.07) is 3.71. The molecule has 0 aliphatic heterocycles. The Balaban J connectivity index is 3.09. The standard InChI is InChI=1S/C9H14N2O/c1-7(12)8-5-4-6-10-9(8)11(2)3/h4-7,12H,1-3H3/t7-/m1/s1. The van der Waals surface area contributed by atoms with Crippen molar-refractivity contribution in [3.8, 4) is 0 Å². The molecule has 0 spiro atoms. The molecule has 0 fully saturated rings. The first kappa shape index (κ1) is 9.00. The maximum atomic E-state index is 9.39. The molecule has 1 N–H and O–H groups in total. The van der Waals surface area contributed by atoms with Crippen LogP contribution in [0.3, 0.4) is 0 Å². The molecule has 0 aliphatic carbocycles. The van der Waals surface area contributed by atoms with Crippen LogP contribution in [0.4, 0.5) is 5.82 Å². The molecule has 1 atom stereocenters. The van der Waals surface area contributed by atoms with Gasteiger partial charge in [-0.1, -0.05) is 6.07 Å². The fraction of sp³-hybridized carbons (Fsp3) is 0.444. The van der Waals surface area contributed by atoms with Gasteiger partial charge in [0.05, 0.1) is 6.10 Å². The van der Waals surface area contributed by atoms with Gasteiger partial charge in [0.25, 0.3) is 0 Å². The maximum absolute atomic E-state index is 9.39. The molecule has 1 heterocycles. The van der Waals surface area contributed by atoms with Crippen LogP contribution in [0.15, 0.2) is 18.3 Å². The van der Waals surface area contributed by atoms with Gasteiger partial charge in [-0.15, -0.1) is 0 Å². The summed E-state index contributed by atoms with van der Waals surface area (Å²) in [5.74, 6) is 0.826. The Labute approximate surface area is 72.7 Å². The summed E-state index contributed by atoms with van der Waals surface area (Å²) in [5.41, 5.74) is 0.863. The highest BCUT2D eigenvalue weighted by Crippen LogP contribution is 2.21. The van der Waals surface area contributed by atoms with E-state index >= 15 is 0 Å². The van der Waals surface area contributed by atoms with Crippen molar-refractivity contribution in [2.75, 3.05) is 19.0 Å². The van der Waals surface area contributed by atoms with Gasteiger partial charge in [0.2, 0.25) is 0 Å². The lowest BCUT2D eigenvalue weighted by Gasteiger charge is -2.16. The number of rotatable bonds is 2. The predicted molar refractivity (Wildman–Crippen MR) is 49.2 cm³/mol. The number of aromatic nitrogens is 1. The highest BCUT2D eigenvalue weighted by molar-refractivity contribution is 5.46. The van der Waals surface area contributed by atoms with Crippen molar-refractivity contribution in [1.29, 1.82) is 0 Å². The number of aliphatic hydroxyl groups is 1. The van der Waals surface area contributed by atoms with Gasteiger partial charge in [0.1, 0.15) is 5.82 Å². The van der Waals surface area contributed by atoms with Gasteiger partial charge in [-0.3, -0.25) is 0 Å². The lowest BCUT2D eigenvalue weighted by molar-refractivity contribution is 0.199. The summed E-state index contributed by atoms with van der Waals surface area (Å²) in [6.07, 6.45) is 1.26. The second kappa shape index (κ2) is 3.54. The summed E-state index contributed by atoms with van der Waals surface area (Å²) >= 11 is 0. The molecule has 1 aromatic heterocycles. The molecule has 3 heteroatoms. The quantitative estimate of drug-likeness (QED) is 0.717. The van der Waals surface area contributed by atoms with Crippen LogP contribution in [0.1, 0.15) is 18.6 Å². The second-order valence-electron chi connectivity index (χ2n) is 2.99. The number of hydrogen-bond donors (Lipinski definition) is 1. The summed E-state index contributed by atoms with van der Waals surface area (Å²) in [6.45, 7) is 1.74. The topological polar surface area (TPSA) is 36.4 Å². The van der Waals surface area contributed by atoms with E-state index in [-0.39, 0.29) is 0 Å². The van der Waals surface area contributed by atoms with E-state index in [1.54, 1.807) is 13.1 Å². The van der Waals surface area contributed by atoms with E-state index in [1.807, 2.05) is 31.1 Å². The highest BCUT2D eigenvalue weighted by Gasteiger charge is 2.08. The number of anilines is 1. The fourth-order valence-electron chi connectivity index (χ4n) is 1.11. The van der Waals surface area contributed by atoms with Crippen molar-refractivity contribution < 1.29 is 5.11 Å². The van der Waals surface area contributed by atoms with Crippen molar-refractivity contribution in [3.63, 3.8) is 0 Å². The fourth-order valence-corrected chi connectivity index (χ4v) is 1.11. The first-order valence-electron chi connectivity index (χ1n) is 3.93. The molecule has 12 heavy (non-hydrogen) atoms. The van der Waals surface area contributed by atoms with Crippen LogP contribution in [0.25, 0.3) is 0 Å². The van der Waals surface area contributed by atoms with Crippen LogP contribution in [0.5, 0.6) is 0 Å². The molecule has 0 saturated heterocycles. The Hall–Kier alpha value is -1.09. The zero-order valence-electron chi connectivity index (χ0n) is 7.65. The third kappa shape index (κ3) is 1.74. The third-order valence-electron chi connectivity index (χ3n) is 1.69. The number of aliphatic hydroxyl groups excluding tert-OH is 1. The third-order valence-corrected chi connectivity index (χ3v) is 1.69. The van der Waals surface area contributed by atoms with E-state index in [0.29, 0.717) is 0 Å². The molecule has 1 aromatic rings. The Morgan fingerprint density at radius 2 is 2.17 bits per heavy atom. The molecular weight excluding hydrogens is 152 g/mol. The SMILES string of the molecule is C[C@@H](O)c1cccnc1N(C)C. The van der Waals surface area contributed by atoms with Crippen LogP contribution in [-0.2, 0) is 0 Å². The molecule has 0 radical (unpaired) electrons. The van der Waals surface area contributed by atoms with Gasteiger partial charge < -0.3 is 10.0 Å². The normalized spacial score (nSPS) is 12.7. The Morgan fingerprint density at radius 3 is 2.58 bits per heavy atom. The molecule has 0 amide bonds. The first-order chi connectivity index (χ1) is 5.63. The van der Waals surface area contributed by atoms with E-state index in [9.17, 15) is 5.11 Å². The van der Waals surface area contributed by atoms with Crippen molar-refractivity contribution in [1.82, 2.24) is 4.98 Å². The van der Waals surface area contributed by atoms with E-state index in [4.69, 9.17) is 0 Å². The van der Waals surface area contributed by atoms with E-state index in [1.165, 1.54) is 0 Å². The van der Waals surface area contributed by atoms with Crippen molar-refractivity contribution >= 4 is 5.82 Å². The van der Waals surface area contributed by atoms with Gasteiger partial charge in [0, 0.05) is 25.9 Å². The average Bonchev–Trinajstić information content (AvgIpc) is 2.04. The van der Waals surface area contributed by atoms with Crippen LogP contribution in [-0.4, -0.2) is 24.2 Å². The minimum Gasteiger partial charge on any atom is -0.389 e. The maximum Gasteiger partial charge on any atom is 0.133 e. The molecule has 0 saturated carbocycles. The van der Waals surface area contributed by atoms with Gasteiger partial charge in [-0.05, 0) is 13.0 Å². The smallest absolute Gasteiger partial charge is 0.133 e. The Bertz CT molecular complexity index is 231. The van der Waals surface area contributed by atoms with Crippen LogP contribution in [0.2, 0.25) is 0 Å². The van der Waals surface area contributed by atoms with E-state index in [2.05, 4.69) is 4.98 Å². The second-order valence-corrected chi connectivity index (χ2v) is 2.99. The predicted octanol–water partition coefficient (Wildman–Crippen LogP) is 1.20. The van der Waals surface area contributed by atoms with Crippen molar-refractivity contribution in [2.24, 2.45) is 0 Å². The lowest BCUT2D eigenvalue weighted by atomic mass is 10.1. The summed E-state index contributed by atoms with van der Waals surface area (Å²) in [4.78, 5) is 6.06. The molecule has 1 rings (SSSR count). The molecule has 0 aliphatic rings. The molecule has 66 valence electrons. The summed E-state index contributed by atoms with van der Waals surface area (Å²) in [7, 11) is 3.82. The largest absolute Gasteiger partial charge is 0.389 e. The molecule has 0 bridgehead atoms. The highest BCUT2D eigenvalue weighted by atomic mass is 16.3. The van der Waals surface area contributed by atoms with Gasteiger partial charge in [-0.2, -0.15) is 0 Å². The number of nitrogens with zero attached hydrogens (tertiary/aromatic N) is 2. The molecule has 0 unspecified atom stereocenters. The van der Waals surface area contributed by atoms with Crippen molar-refractivity contribution in [2.45, 2.75) is 13.0 Å². The zero-order valence-corrected chi connectivity index (χ0v) is 7.65. The van der Waals surface area contributed by atoms with Gasteiger partial charge in [0.15, 0.2) is 0 Å². The lowest BCUT2D eigenvalue weighted by Crippen LogP contribution is -2.14. The summed E-state index contributed by atoms with van der Waals surface area (Å²) in [5, 5.41) is 9.39. The van der Waals surface area contributed by atoms with E-state index < -0.39 is 6.10 Å². The van der Waals surface area contributed by atoms with Crippen LogP contribution in [0, 0.1) is 0 Å². The minimum absolute atomic E-state index is 0.462. The molecular formula is C9H14N2O. The van der Waals surface area contributed by atoms with Gasteiger partial charge >= 0.3 is 0 Å². The average molecular weight is 166 g/mol. The summed E-state index contributed by atoms with van der Waals surface area (Å²) < 4.78 is 0. The van der Waals surface area contributed by atoms with E-state index in [0.717, 1.165) is 11.4 Å². The molecule has 3 nitrogen and oxygen atoms in total. The first-order valence-corrected chi connectivity index (χ1v) is 3.93. The van der Waals surface area contributed by atoms with Gasteiger partial charge in [-0.25, -0.2) is 4.98 Å². The molecule has 0 aromatic carbocycles. The monoisotopic (exact) mass is 166 g/mol. The number of hydrogen-bond acceptors (Lipinski definition) is 3. The Kier molecular flexibility index (Phi) is 2.65. The zero-order chi connectivity index (χ0) is 9.14. The van der Waals surface area contributed by atoms with Crippen LogP contribution < -0.4 is 4.90 Å². The Morgan fingerprint density at radius 1 is 1.50 bits per heavy atom. The minimum atomic E-state index is -0.462. The van der Waals surface area contributed by atoms with Crippen molar-refractivity contribution in [3.05, 3.63) is 23.9 Å². The van der Waals surface area contributed by atoms with Crippen LogP contribution >= 0.6 is 0 Å².